The molecule has 1 aliphatic rings. The summed E-state index contributed by atoms with van der Waals surface area (Å²) in [5.41, 5.74) is 2.46. The summed E-state index contributed by atoms with van der Waals surface area (Å²) in [6.07, 6.45) is 8.27. The van der Waals surface area contributed by atoms with Crippen LogP contribution in [0, 0.1) is 0 Å². The van der Waals surface area contributed by atoms with Crippen molar-refractivity contribution in [2.45, 2.75) is 38.6 Å². The Labute approximate surface area is 154 Å². The molecule has 1 aliphatic heterocycles. The maximum absolute atomic E-state index is 12.5. The minimum Gasteiger partial charge on any atom is -0.322 e. The molecule has 0 bridgehead atoms. The van der Waals surface area contributed by atoms with Gasteiger partial charge in [-0.1, -0.05) is 24.9 Å². The minimum atomic E-state index is -0.144. The van der Waals surface area contributed by atoms with Crippen molar-refractivity contribution in [3.8, 4) is 0 Å². The highest BCUT2D eigenvalue weighted by Gasteiger charge is 2.26. The van der Waals surface area contributed by atoms with Gasteiger partial charge in [0.05, 0.1) is 5.56 Å². The third-order valence-corrected chi connectivity index (χ3v) is 4.92. The average Bonchev–Trinajstić information content (AvgIpc) is 3.10. The summed E-state index contributed by atoms with van der Waals surface area (Å²) in [7, 11) is 0. The highest BCUT2D eigenvalue weighted by atomic mass is 35.5. The van der Waals surface area contributed by atoms with Crippen LogP contribution >= 0.6 is 11.6 Å². The van der Waals surface area contributed by atoms with Gasteiger partial charge in [0.25, 0.3) is 5.91 Å². The number of halogens is 1. The van der Waals surface area contributed by atoms with Crippen LogP contribution < -0.4 is 5.32 Å². The Morgan fingerprint density at radius 1 is 1.32 bits per heavy atom. The molecule has 3 rings (SSSR count). The second kappa shape index (κ2) is 8.45. The fraction of sp³-hybridized carbons (Fsp3) is 0.400. The van der Waals surface area contributed by atoms with E-state index < -0.39 is 0 Å². The second-order valence-corrected chi connectivity index (χ2v) is 6.95. The first kappa shape index (κ1) is 17.9. The van der Waals surface area contributed by atoms with Crippen LogP contribution in [0.15, 0.2) is 42.7 Å². The Hall–Kier alpha value is -1.91. The Kier molecular flexibility index (Phi) is 6.05. The smallest absolute Gasteiger partial charge is 0.257 e. The van der Waals surface area contributed by atoms with Crippen molar-refractivity contribution in [1.29, 1.82) is 0 Å². The molecular formula is C20H24ClN3O. The SMILES string of the molecule is CCCCN1CCCC1c1cncc(C(=O)Nc2ccc(Cl)cc2)c1. The molecule has 0 spiro atoms. The van der Waals surface area contributed by atoms with Crippen molar-refractivity contribution in [1.82, 2.24) is 9.88 Å². The number of carbonyl (C=O) groups excluding carboxylic acids is 1. The molecule has 0 radical (unpaired) electrons. The predicted molar refractivity (Wildman–Crippen MR) is 102 cm³/mol. The van der Waals surface area contributed by atoms with Gasteiger partial charge in [-0.15, -0.1) is 0 Å². The van der Waals surface area contributed by atoms with Gasteiger partial charge in [-0.3, -0.25) is 14.7 Å². The van der Waals surface area contributed by atoms with E-state index in [0.717, 1.165) is 30.8 Å². The molecule has 1 aromatic carbocycles. The summed E-state index contributed by atoms with van der Waals surface area (Å²) in [5, 5.41) is 3.55. The van der Waals surface area contributed by atoms with E-state index in [0.29, 0.717) is 16.6 Å². The number of pyridine rings is 1. The highest BCUT2D eigenvalue weighted by Crippen LogP contribution is 2.32. The molecule has 1 saturated heterocycles. The van der Waals surface area contributed by atoms with Gasteiger partial charge in [0.2, 0.25) is 0 Å². The lowest BCUT2D eigenvalue weighted by Gasteiger charge is -2.24. The Bertz CT molecular complexity index is 717. The predicted octanol–water partition coefficient (Wildman–Crippen LogP) is 4.92. The van der Waals surface area contributed by atoms with Crippen LogP contribution in [0.5, 0.6) is 0 Å². The number of hydrogen-bond donors (Lipinski definition) is 1. The topological polar surface area (TPSA) is 45.2 Å². The van der Waals surface area contributed by atoms with E-state index in [2.05, 4.69) is 22.1 Å². The largest absolute Gasteiger partial charge is 0.322 e. The third kappa shape index (κ3) is 4.59. The summed E-state index contributed by atoms with van der Waals surface area (Å²) in [6, 6.07) is 9.46. The molecule has 5 heteroatoms. The molecule has 0 aliphatic carbocycles. The first-order valence-corrected chi connectivity index (χ1v) is 9.31. The normalized spacial score (nSPS) is 17.6. The van der Waals surface area contributed by atoms with Crippen LogP contribution in [-0.4, -0.2) is 28.9 Å². The third-order valence-electron chi connectivity index (χ3n) is 4.67. The quantitative estimate of drug-likeness (QED) is 0.797. The molecule has 0 saturated carbocycles. The Morgan fingerprint density at radius 3 is 2.88 bits per heavy atom. The van der Waals surface area contributed by atoms with Crippen LogP contribution in [0.4, 0.5) is 5.69 Å². The lowest BCUT2D eigenvalue weighted by atomic mass is 10.0. The van der Waals surface area contributed by atoms with E-state index in [9.17, 15) is 4.79 Å². The molecule has 1 aromatic heterocycles. The summed E-state index contributed by atoms with van der Waals surface area (Å²) in [5.74, 6) is -0.144. The molecule has 1 fully saturated rings. The van der Waals surface area contributed by atoms with E-state index in [1.54, 1.807) is 30.5 Å². The molecule has 1 atom stereocenters. The van der Waals surface area contributed by atoms with Gasteiger partial charge in [0, 0.05) is 29.1 Å². The van der Waals surface area contributed by atoms with Crippen LogP contribution in [0.25, 0.3) is 0 Å². The van der Waals surface area contributed by atoms with E-state index in [4.69, 9.17) is 11.6 Å². The molecule has 1 amide bonds. The number of hydrogen-bond acceptors (Lipinski definition) is 3. The van der Waals surface area contributed by atoms with Gasteiger partial charge in [-0.2, -0.15) is 0 Å². The molecular weight excluding hydrogens is 334 g/mol. The Morgan fingerprint density at radius 2 is 2.12 bits per heavy atom. The van der Waals surface area contributed by atoms with Crippen molar-refractivity contribution in [3.05, 3.63) is 58.9 Å². The van der Waals surface area contributed by atoms with Crippen LogP contribution in [0.2, 0.25) is 5.02 Å². The number of carbonyl (C=O) groups is 1. The molecule has 2 heterocycles. The molecule has 1 unspecified atom stereocenters. The fourth-order valence-electron chi connectivity index (χ4n) is 3.33. The van der Waals surface area contributed by atoms with Crippen LogP contribution in [0.1, 0.15) is 54.6 Å². The number of aromatic nitrogens is 1. The standard InChI is InChI=1S/C20H24ClN3O/c1-2-3-10-24-11-4-5-19(24)15-12-16(14-22-13-15)20(25)23-18-8-6-17(21)7-9-18/h6-9,12-14,19H,2-5,10-11H2,1H3,(H,23,25). The van der Waals surface area contributed by atoms with Gasteiger partial charge in [-0.25, -0.2) is 0 Å². The lowest BCUT2D eigenvalue weighted by molar-refractivity contribution is 0.102. The fourth-order valence-corrected chi connectivity index (χ4v) is 3.46. The molecule has 2 aromatic rings. The number of benzene rings is 1. The molecule has 4 nitrogen and oxygen atoms in total. The van der Waals surface area contributed by atoms with Crippen molar-refractivity contribution in [3.63, 3.8) is 0 Å². The first-order valence-electron chi connectivity index (χ1n) is 8.93. The monoisotopic (exact) mass is 357 g/mol. The maximum atomic E-state index is 12.5. The average molecular weight is 358 g/mol. The Balaban J connectivity index is 1.72. The van der Waals surface area contributed by atoms with E-state index in [1.165, 1.54) is 19.3 Å². The van der Waals surface area contributed by atoms with Gasteiger partial charge in [-0.05, 0) is 68.2 Å². The molecule has 1 N–H and O–H groups in total. The number of nitrogens with zero attached hydrogens (tertiary/aromatic N) is 2. The summed E-state index contributed by atoms with van der Waals surface area (Å²) in [6.45, 7) is 4.46. The number of amides is 1. The van der Waals surface area contributed by atoms with Gasteiger partial charge >= 0.3 is 0 Å². The number of likely N-dealkylation sites (tertiary alicyclic amines) is 1. The van der Waals surface area contributed by atoms with Crippen LogP contribution in [-0.2, 0) is 0 Å². The zero-order valence-corrected chi connectivity index (χ0v) is 15.3. The van der Waals surface area contributed by atoms with Gasteiger partial charge in [0.1, 0.15) is 0 Å². The van der Waals surface area contributed by atoms with Gasteiger partial charge < -0.3 is 5.32 Å². The molecule has 132 valence electrons. The second-order valence-electron chi connectivity index (χ2n) is 6.52. The number of anilines is 1. The summed E-state index contributed by atoms with van der Waals surface area (Å²) in [4.78, 5) is 19.3. The summed E-state index contributed by atoms with van der Waals surface area (Å²) >= 11 is 5.88. The molecule has 25 heavy (non-hydrogen) atoms. The summed E-state index contributed by atoms with van der Waals surface area (Å²) < 4.78 is 0. The maximum Gasteiger partial charge on any atom is 0.257 e. The number of rotatable bonds is 6. The van der Waals surface area contributed by atoms with E-state index in [1.807, 2.05) is 12.3 Å². The van der Waals surface area contributed by atoms with Crippen molar-refractivity contribution < 1.29 is 4.79 Å². The highest BCUT2D eigenvalue weighted by molar-refractivity contribution is 6.30. The van der Waals surface area contributed by atoms with Gasteiger partial charge in [0.15, 0.2) is 0 Å². The van der Waals surface area contributed by atoms with Crippen molar-refractivity contribution in [2.75, 3.05) is 18.4 Å². The minimum absolute atomic E-state index is 0.144. The zero-order valence-electron chi connectivity index (χ0n) is 14.5. The number of unbranched alkanes of at least 4 members (excludes halogenated alkanes) is 1. The first-order chi connectivity index (χ1) is 12.2. The lowest BCUT2D eigenvalue weighted by Crippen LogP contribution is -2.24. The number of nitrogens with one attached hydrogen (secondary N) is 1. The van der Waals surface area contributed by atoms with Crippen molar-refractivity contribution in [2.24, 2.45) is 0 Å². The van der Waals surface area contributed by atoms with E-state index >= 15 is 0 Å². The van der Waals surface area contributed by atoms with Crippen molar-refractivity contribution >= 4 is 23.2 Å². The van der Waals surface area contributed by atoms with E-state index in [-0.39, 0.29) is 5.91 Å². The zero-order chi connectivity index (χ0) is 17.6. The van der Waals surface area contributed by atoms with Crippen LogP contribution in [0.3, 0.4) is 0 Å².